The molecule has 0 unspecified atom stereocenters. The number of carbonyl (C=O) groups excluding carboxylic acids is 2. The minimum absolute atomic E-state index is 0.00706. The van der Waals surface area contributed by atoms with Crippen molar-refractivity contribution in [3.63, 3.8) is 0 Å². The van der Waals surface area contributed by atoms with Gasteiger partial charge in [-0.15, -0.1) is 39.5 Å². The first-order valence-electron chi connectivity index (χ1n) is 17.9. The van der Waals surface area contributed by atoms with Crippen LogP contribution in [0.1, 0.15) is 11.1 Å². The van der Waals surface area contributed by atoms with Gasteiger partial charge in [0.1, 0.15) is 13.2 Å². The molecule has 0 saturated carbocycles. The van der Waals surface area contributed by atoms with Crippen molar-refractivity contribution >= 4 is 23.6 Å². The van der Waals surface area contributed by atoms with Crippen LogP contribution in [0.15, 0.2) is 124 Å². The highest BCUT2D eigenvalue weighted by molar-refractivity contribution is 5.85. The van der Waals surface area contributed by atoms with Crippen LogP contribution >= 0.6 is 0 Å². The van der Waals surface area contributed by atoms with E-state index in [-0.39, 0.29) is 52.9 Å². The molecule has 2 aromatic rings. The van der Waals surface area contributed by atoms with Gasteiger partial charge in [-0.1, -0.05) is 60.7 Å². The molecule has 0 aliphatic rings. The molecular weight excluding hydrogens is 704 g/mol. The van der Waals surface area contributed by atoms with Crippen LogP contribution in [0.5, 0.6) is 0 Å². The van der Waals surface area contributed by atoms with Gasteiger partial charge in [-0.05, 0) is 41.8 Å². The average molecular weight is 763 g/mol. The minimum atomic E-state index is -0.755. The highest BCUT2D eigenvalue weighted by atomic mass is 16.6. The molecule has 2 rings (SSSR count). The first-order valence-corrected chi connectivity index (χ1v) is 17.9. The predicted molar refractivity (Wildman–Crippen MR) is 217 cm³/mol. The molecule has 0 spiro atoms. The summed E-state index contributed by atoms with van der Waals surface area (Å²) in [5.41, 5.74) is 1.67. The van der Waals surface area contributed by atoms with Crippen LogP contribution in [0, 0.1) is 10.8 Å². The quantitative estimate of drug-likeness (QED) is 0.0569. The molecule has 2 aromatic carbocycles. The second kappa shape index (κ2) is 27.7. The molecular formula is C43H58N2O10. The molecule has 300 valence electrons. The molecule has 0 aromatic heterocycles. The summed E-state index contributed by atoms with van der Waals surface area (Å²) in [6, 6.07) is 14.9. The van der Waals surface area contributed by atoms with E-state index in [4.69, 9.17) is 37.9 Å². The first-order chi connectivity index (χ1) is 26.8. The van der Waals surface area contributed by atoms with Gasteiger partial charge in [0.25, 0.3) is 0 Å². The standard InChI is InChI=1S/C43H58N2O10/c1-7-21-48-28-42(29-49-22-8-2,30-50-23-9-3)34-54-40(46)44-38-17-13-36(14-18-38)27-37-15-19-39(20-16-37)45-41(47)55-35-43(31-51-24-10-4,32-52-25-11-5)33-53-26-12-6/h7-20H,1-6,21-35H2,(H,44,46)(H,45,47). The molecule has 0 atom stereocenters. The maximum Gasteiger partial charge on any atom is 0.411 e. The maximum absolute atomic E-state index is 12.8. The summed E-state index contributed by atoms with van der Waals surface area (Å²) in [5.74, 6) is 0. The Bertz CT molecular complexity index is 1280. The van der Waals surface area contributed by atoms with Gasteiger partial charge in [0, 0.05) is 11.4 Å². The SMILES string of the molecule is C=CCOCC(COCC=C)(COCC=C)COC(=O)Nc1ccc(Cc2ccc(NC(=O)OCC(COCC=C)(COCC=C)COCC=C)cc2)cc1. The average Bonchev–Trinajstić information content (AvgIpc) is 3.18. The van der Waals surface area contributed by atoms with Crippen LogP contribution < -0.4 is 10.6 Å². The molecule has 0 saturated heterocycles. The molecule has 2 amide bonds. The number of rotatable bonds is 32. The summed E-state index contributed by atoms with van der Waals surface area (Å²) >= 11 is 0. The van der Waals surface area contributed by atoms with Gasteiger partial charge in [0.2, 0.25) is 0 Å². The lowest BCUT2D eigenvalue weighted by molar-refractivity contribution is -0.0830. The zero-order valence-corrected chi connectivity index (χ0v) is 32.0. The number of nitrogens with one attached hydrogen (secondary N) is 2. The Morgan fingerprint density at radius 3 is 0.927 bits per heavy atom. The van der Waals surface area contributed by atoms with Crippen LogP contribution in [-0.2, 0) is 44.3 Å². The van der Waals surface area contributed by atoms with E-state index >= 15 is 0 Å². The number of anilines is 2. The van der Waals surface area contributed by atoms with Gasteiger partial charge in [-0.25, -0.2) is 9.59 Å². The van der Waals surface area contributed by atoms with Gasteiger partial charge in [-0.3, -0.25) is 10.6 Å². The summed E-state index contributed by atoms with van der Waals surface area (Å²) in [7, 11) is 0. The fourth-order valence-electron chi connectivity index (χ4n) is 5.05. The number of benzene rings is 2. The third-order valence-electron chi connectivity index (χ3n) is 7.69. The second-order valence-electron chi connectivity index (χ2n) is 12.8. The summed E-state index contributed by atoms with van der Waals surface area (Å²) in [6.07, 6.45) is 9.24. The molecule has 0 heterocycles. The van der Waals surface area contributed by atoms with Gasteiger partial charge >= 0.3 is 12.2 Å². The van der Waals surface area contributed by atoms with Crippen molar-refractivity contribution in [2.75, 3.05) is 103 Å². The monoisotopic (exact) mass is 762 g/mol. The summed E-state index contributed by atoms with van der Waals surface area (Å²) < 4.78 is 45.6. The summed E-state index contributed by atoms with van der Waals surface area (Å²) in [5, 5.41) is 5.55. The van der Waals surface area contributed by atoms with Crippen LogP contribution in [-0.4, -0.2) is 105 Å². The predicted octanol–water partition coefficient (Wildman–Crippen LogP) is 7.56. The topological polar surface area (TPSA) is 132 Å². The second-order valence-corrected chi connectivity index (χ2v) is 12.8. The zero-order valence-electron chi connectivity index (χ0n) is 32.0. The third-order valence-corrected chi connectivity index (χ3v) is 7.69. The molecule has 12 nitrogen and oxygen atoms in total. The molecule has 0 bridgehead atoms. The van der Waals surface area contributed by atoms with Gasteiger partial charge in [-0.2, -0.15) is 0 Å². The van der Waals surface area contributed by atoms with Crippen molar-refractivity contribution in [3.8, 4) is 0 Å². The van der Waals surface area contributed by atoms with E-state index in [1.165, 1.54) is 0 Å². The zero-order chi connectivity index (χ0) is 40.0. The molecule has 0 fully saturated rings. The molecule has 2 N–H and O–H groups in total. The number of amides is 2. The maximum atomic E-state index is 12.8. The van der Waals surface area contributed by atoms with E-state index in [1.54, 1.807) is 60.7 Å². The van der Waals surface area contributed by atoms with E-state index in [0.717, 1.165) is 11.1 Å². The number of ether oxygens (including phenoxy) is 8. The van der Waals surface area contributed by atoms with Gasteiger partial charge in [0.15, 0.2) is 0 Å². The highest BCUT2D eigenvalue weighted by Gasteiger charge is 2.35. The van der Waals surface area contributed by atoms with Crippen LogP contribution in [0.25, 0.3) is 0 Å². The van der Waals surface area contributed by atoms with Crippen LogP contribution in [0.2, 0.25) is 0 Å². The summed E-state index contributed by atoms with van der Waals surface area (Å²) in [4.78, 5) is 25.6. The van der Waals surface area contributed by atoms with Crippen molar-refractivity contribution in [2.45, 2.75) is 6.42 Å². The Balaban J connectivity index is 1.96. The Hall–Kier alpha value is -4.82. The van der Waals surface area contributed by atoms with Gasteiger partial charge < -0.3 is 37.9 Å². The lowest BCUT2D eigenvalue weighted by Crippen LogP contribution is -2.42. The van der Waals surface area contributed by atoms with Crippen LogP contribution in [0.3, 0.4) is 0 Å². The Morgan fingerprint density at radius 2 is 0.691 bits per heavy atom. The number of hydrogen-bond donors (Lipinski definition) is 2. The highest BCUT2D eigenvalue weighted by Crippen LogP contribution is 2.24. The Kier molecular flexibility index (Phi) is 23.3. The van der Waals surface area contributed by atoms with Crippen molar-refractivity contribution in [2.24, 2.45) is 10.8 Å². The molecule has 55 heavy (non-hydrogen) atoms. The largest absolute Gasteiger partial charge is 0.448 e. The van der Waals surface area contributed by atoms with Crippen molar-refractivity contribution in [1.82, 2.24) is 0 Å². The van der Waals surface area contributed by atoms with E-state index in [0.29, 0.717) is 57.4 Å². The third kappa shape index (κ3) is 19.4. The Morgan fingerprint density at radius 1 is 0.436 bits per heavy atom. The Labute approximate surface area is 326 Å². The normalized spacial score (nSPS) is 11.2. The van der Waals surface area contributed by atoms with Crippen molar-refractivity contribution < 1.29 is 47.5 Å². The first kappa shape index (κ1) is 46.3. The lowest BCUT2D eigenvalue weighted by Gasteiger charge is -2.32. The molecule has 0 radical (unpaired) electrons. The van der Waals surface area contributed by atoms with Gasteiger partial charge in [0.05, 0.1) is 90.1 Å². The minimum Gasteiger partial charge on any atom is -0.448 e. The molecule has 12 heteroatoms. The fourth-order valence-corrected chi connectivity index (χ4v) is 5.05. The smallest absolute Gasteiger partial charge is 0.411 e. The lowest BCUT2D eigenvalue weighted by atomic mass is 9.92. The van der Waals surface area contributed by atoms with E-state index in [9.17, 15) is 9.59 Å². The number of hydrogen-bond acceptors (Lipinski definition) is 10. The van der Waals surface area contributed by atoms with Crippen LogP contribution in [0.4, 0.5) is 21.0 Å². The van der Waals surface area contributed by atoms with Crippen molar-refractivity contribution in [1.29, 1.82) is 0 Å². The number of carbonyl (C=O) groups is 2. The summed E-state index contributed by atoms with van der Waals surface area (Å²) in [6.45, 7) is 25.4. The van der Waals surface area contributed by atoms with Crippen molar-refractivity contribution in [3.05, 3.63) is 136 Å². The van der Waals surface area contributed by atoms with E-state index in [2.05, 4.69) is 50.1 Å². The van der Waals surface area contributed by atoms with E-state index < -0.39 is 23.0 Å². The van der Waals surface area contributed by atoms with E-state index in [1.807, 2.05) is 24.3 Å². The molecule has 0 aliphatic carbocycles. The molecule has 0 aliphatic heterocycles. The fraction of sp³-hybridized carbons (Fsp3) is 0.395.